The van der Waals surface area contributed by atoms with Gasteiger partial charge in [-0.1, -0.05) is 23.2 Å². The van der Waals surface area contributed by atoms with Crippen LogP contribution in [0.15, 0.2) is 18.2 Å². The molecular weight excluding hydrogens is 327 g/mol. The molecule has 0 radical (unpaired) electrons. The molecular formula is C15H16Cl2N2O3. The van der Waals surface area contributed by atoms with Crippen molar-refractivity contribution in [1.82, 2.24) is 10.2 Å². The topological polar surface area (TPSA) is 58.6 Å². The molecule has 0 spiro atoms. The van der Waals surface area contributed by atoms with E-state index in [0.29, 0.717) is 34.8 Å². The average Bonchev–Trinajstić information content (AvgIpc) is 3.22. The zero-order valence-corrected chi connectivity index (χ0v) is 13.4. The first kappa shape index (κ1) is 15.4. The highest BCUT2D eigenvalue weighted by molar-refractivity contribution is 6.35. The number of carbonyl (C=O) groups excluding carboxylic acids is 2. The van der Waals surface area contributed by atoms with Crippen LogP contribution in [0.1, 0.15) is 19.3 Å². The van der Waals surface area contributed by atoms with Crippen molar-refractivity contribution in [3.05, 3.63) is 28.2 Å². The van der Waals surface area contributed by atoms with E-state index in [0.717, 1.165) is 12.8 Å². The zero-order valence-electron chi connectivity index (χ0n) is 11.9. The van der Waals surface area contributed by atoms with Crippen LogP contribution in [0, 0.1) is 0 Å². The molecule has 5 nitrogen and oxygen atoms in total. The van der Waals surface area contributed by atoms with Gasteiger partial charge in [-0.2, -0.15) is 0 Å². The highest BCUT2D eigenvalue weighted by atomic mass is 35.5. The Morgan fingerprint density at radius 3 is 2.82 bits per heavy atom. The van der Waals surface area contributed by atoms with Gasteiger partial charge < -0.3 is 15.0 Å². The van der Waals surface area contributed by atoms with E-state index in [1.54, 1.807) is 18.2 Å². The lowest BCUT2D eigenvalue weighted by Crippen LogP contribution is -2.40. The molecule has 1 saturated carbocycles. The Kier molecular flexibility index (Phi) is 4.45. The first-order chi connectivity index (χ1) is 10.5. The molecule has 1 atom stereocenters. The number of hydrogen-bond donors (Lipinski definition) is 1. The maximum atomic E-state index is 11.9. The van der Waals surface area contributed by atoms with E-state index >= 15 is 0 Å². The molecule has 2 fully saturated rings. The molecule has 1 heterocycles. The summed E-state index contributed by atoms with van der Waals surface area (Å²) in [7, 11) is 0. The minimum atomic E-state index is -0.263. The van der Waals surface area contributed by atoms with E-state index in [1.165, 1.54) is 0 Å². The van der Waals surface area contributed by atoms with E-state index in [4.69, 9.17) is 27.9 Å². The van der Waals surface area contributed by atoms with Gasteiger partial charge in [0, 0.05) is 24.0 Å². The highest BCUT2D eigenvalue weighted by Gasteiger charge is 2.39. The van der Waals surface area contributed by atoms with Crippen molar-refractivity contribution < 1.29 is 14.3 Å². The number of carbonyl (C=O) groups is 2. The Bertz CT molecular complexity index is 604. The maximum Gasteiger partial charge on any atom is 0.258 e. The Morgan fingerprint density at radius 1 is 1.36 bits per heavy atom. The fraction of sp³-hybridized carbons (Fsp3) is 0.467. The molecule has 7 heteroatoms. The number of amides is 2. The van der Waals surface area contributed by atoms with Crippen molar-refractivity contribution in [3.63, 3.8) is 0 Å². The lowest BCUT2D eigenvalue weighted by Gasteiger charge is -2.16. The van der Waals surface area contributed by atoms with E-state index < -0.39 is 0 Å². The van der Waals surface area contributed by atoms with Crippen molar-refractivity contribution in [2.45, 2.75) is 31.3 Å². The van der Waals surface area contributed by atoms with Crippen LogP contribution in [-0.2, 0) is 9.59 Å². The summed E-state index contributed by atoms with van der Waals surface area (Å²) in [4.78, 5) is 25.6. The quantitative estimate of drug-likeness (QED) is 0.892. The Hall–Kier alpha value is -1.46. The highest BCUT2D eigenvalue weighted by Crippen LogP contribution is 2.30. The molecule has 22 heavy (non-hydrogen) atoms. The molecule has 0 aromatic heterocycles. The summed E-state index contributed by atoms with van der Waals surface area (Å²) in [6.45, 7) is 0.451. The third kappa shape index (κ3) is 3.65. The number of benzene rings is 1. The average molecular weight is 343 g/mol. The van der Waals surface area contributed by atoms with Crippen LogP contribution in [-0.4, -0.2) is 41.9 Å². The second-order valence-electron chi connectivity index (χ2n) is 5.61. The van der Waals surface area contributed by atoms with Gasteiger partial charge in [-0.15, -0.1) is 0 Å². The van der Waals surface area contributed by atoms with Gasteiger partial charge in [0.2, 0.25) is 5.91 Å². The fourth-order valence-electron chi connectivity index (χ4n) is 2.57. The monoisotopic (exact) mass is 342 g/mol. The van der Waals surface area contributed by atoms with Crippen LogP contribution >= 0.6 is 23.2 Å². The van der Waals surface area contributed by atoms with Crippen molar-refractivity contribution in [2.75, 3.05) is 13.2 Å². The summed E-state index contributed by atoms with van der Waals surface area (Å²) in [5.41, 5.74) is 0. The summed E-state index contributed by atoms with van der Waals surface area (Å²) >= 11 is 11.8. The van der Waals surface area contributed by atoms with Crippen LogP contribution in [0.5, 0.6) is 5.75 Å². The maximum absolute atomic E-state index is 11.9. The first-order valence-electron chi connectivity index (χ1n) is 7.19. The van der Waals surface area contributed by atoms with E-state index in [2.05, 4.69) is 5.32 Å². The van der Waals surface area contributed by atoms with Crippen LogP contribution in [0.25, 0.3) is 0 Å². The predicted molar refractivity (Wildman–Crippen MR) is 83.2 cm³/mol. The fourth-order valence-corrected chi connectivity index (χ4v) is 3.04. The predicted octanol–water partition coefficient (Wildman–Crippen LogP) is 2.25. The number of ether oxygens (including phenoxy) is 1. The van der Waals surface area contributed by atoms with Crippen molar-refractivity contribution in [2.24, 2.45) is 0 Å². The molecule has 0 bridgehead atoms. The molecule has 1 aromatic rings. The summed E-state index contributed by atoms with van der Waals surface area (Å²) < 4.78 is 5.38. The Morgan fingerprint density at radius 2 is 2.14 bits per heavy atom. The van der Waals surface area contributed by atoms with Gasteiger partial charge in [0.15, 0.2) is 6.61 Å². The third-order valence-electron chi connectivity index (χ3n) is 3.76. The molecule has 3 rings (SSSR count). The number of nitrogens with zero attached hydrogens (tertiary/aromatic N) is 1. The van der Waals surface area contributed by atoms with Gasteiger partial charge in [0.1, 0.15) is 5.75 Å². The molecule has 1 aromatic carbocycles. The van der Waals surface area contributed by atoms with Crippen molar-refractivity contribution >= 4 is 35.0 Å². The number of rotatable bonds is 5. The zero-order chi connectivity index (χ0) is 15.7. The molecule has 118 valence electrons. The molecule has 1 N–H and O–H groups in total. The molecule has 1 aliphatic heterocycles. The van der Waals surface area contributed by atoms with Gasteiger partial charge >= 0.3 is 0 Å². The Balaban J connectivity index is 1.47. The van der Waals surface area contributed by atoms with Gasteiger partial charge in [0.05, 0.1) is 11.1 Å². The first-order valence-corrected chi connectivity index (χ1v) is 7.95. The normalized spacial score (nSPS) is 21.1. The Labute approximate surface area is 138 Å². The van der Waals surface area contributed by atoms with Crippen LogP contribution in [0.3, 0.4) is 0 Å². The number of halogens is 2. The second-order valence-corrected chi connectivity index (χ2v) is 6.45. The summed E-state index contributed by atoms with van der Waals surface area (Å²) in [5.74, 6) is 0.263. The molecule has 0 unspecified atom stereocenters. The van der Waals surface area contributed by atoms with E-state index in [-0.39, 0.29) is 24.5 Å². The SMILES string of the molecule is O=C(COc1ccc(Cl)cc1Cl)N[C@H]1CC(=O)N(C2CC2)C1. The molecule has 2 aliphatic rings. The lowest BCUT2D eigenvalue weighted by molar-refractivity contribution is -0.128. The van der Waals surface area contributed by atoms with E-state index in [1.807, 2.05) is 4.90 Å². The number of hydrogen-bond acceptors (Lipinski definition) is 3. The van der Waals surface area contributed by atoms with Gasteiger partial charge in [-0.05, 0) is 31.0 Å². The second kappa shape index (κ2) is 6.34. The molecule has 1 aliphatic carbocycles. The van der Waals surface area contributed by atoms with Crippen LogP contribution < -0.4 is 10.1 Å². The van der Waals surface area contributed by atoms with Gasteiger partial charge in [0.25, 0.3) is 5.91 Å². The van der Waals surface area contributed by atoms with Gasteiger partial charge in [-0.25, -0.2) is 0 Å². The number of likely N-dealkylation sites (tertiary alicyclic amines) is 1. The van der Waals surface area contributed by atoms with Crippen molar-refractivity contribution in [1.29, 1.82) is 0 Å². The van der Waals surface area contributed by atoms with Crippen molar-refractivity contribution in [3.8, 4) is 5.75 Å². The van der Waals surface area contributed by atoms with Crippen LogP contribution in [0.4, 0.5) is 0 Å². The lowest BCUT2D eigenvalue weighted by atomic mass is 10.2. The molecule has 1 saturated heterocycles. The smallest absolute Gasteiger partial charge is 0.258 e. The molecule has 2 amide bonds. The largest absolute Gasteiger partial charge is 0.482 e. The summed E-state index contributed by atoms with van der Waals surface area (Å²) in [6, 6.07) is 5.07. The van der Waals surface area contributed by atoms with E-state index in [9.17, 15) is 9.59 Å². The van der Waals surface area contributed by atoms with Gasteiger partial charge in [-0.3, -0.25) is 9.59 Å². The summed E-state index contributed by atoms with van der Waals surface area (Å²) in [6.07, 6.45) is 2.51. The van der Waals surface area contributed by atoms with Crippen LogP contribution in [0.2, 0.25) is 10.0 Å². The summed E-state index contributed by atoms with van der Waals surface area (Å²) in [5, 5.41) is 3.69. The number of nitrogens with one attached hydrogen (secondary N) is 1. The standard InChI is InChI=1S/C15H16Cl2N2O3/c16-9-1-4-13(12(17)5-9)22-8-14(20)18-10-6-15(21)19(7-10)11-2-3-11/h1,4-5,10-11H,2-3,6-8H2,(H,18,20)/t10-/m0/s1. The minimum Gasteiger partial charge on any atom is -0.482 e. The minimum absolute atomic E-state index is 0.120. The third-order valence-corrected chi connectivity index (χ3v) is 4.29.